The van der Waals surface area contributed by atoms with Gasteiger partial charge in [0.05, 0.1) is 26.4 Å². The third-order valence-corrected chi connectivity index (χ3v) is 4.06. The van der Waals surface area contributed by atoms with Gasteiger partial charge < -0.3 is 19.5 Å². The normalized spacial score (nSPS) is 19.5. The molecular weight excluding hydrogens is 266 g/mol. The molecule has 1 heterocycles. The van der Waals surface area contributed by atoms with Gasteiger partial charge in [0, 0.05) is 6.61 Å². The molecule has 1 saturated heterocycles. The third kappa shape index (κ3) is 3.69. The van der Waals surface area contributed by atoms with Crippen LogP contribution < -0.4 is 14.8 Å². The molecule has 118 valence electrons. The predicted octanol–water partition coefficient (Wildman–Crippen LogP) is 3.23. The summed E-state index contributed by atoms with van der Waals surface area (Å²) >= 11 is 0. The summed E-state index contributed by atoms with van der Waals surface area (Å²) in [7, 11) is 3.35. The van der Waals surface area contributed by atoms with Gasteiger partial charge in [-0.25, -0.2) is 0 Å². The highest BCUT2D eigenvalue weighted by Gasteiger charge is 2.28. The number of methoxy groups -OCH3 is 2. The molecule has 0 amide bonds. The number of aryl methyl sites for hydroxylation is 1. The standard InChI is InChI=1S/C17H27NO3/c1-5-8-18-17(14-7-6-9-21-14)13-11-16(20-4)15(19-3)10-12(13)2/h10-11,14,17-18H,5-9H2,1-4H3. The fourth-order valence-electron chi connectivity index (χ4n) is 2.94. The minimum Gasteiger partial charge on any atom is -0.493 e. The molecule has 0 aromatic heterocycles. The van der Waals surface area contributed by atoms with Crippen molar-refractivity contribution in [1.82, 2.24) is 5.32 Å². The summed E-state index contributed by atoms with van der Waals surface area (Å²) in [4.78, 5) is 0. The van der Waals surface area contributed by atoms with Crippen molar-refractivity contribution in [3.63, 3.8) is 0 Å². The first-order valence-electron chi connectivity index (χ1n) is 7.78. The predicted molar refractivity (Wildman–Crippen MR) is 84.3 cm³/mol. The molecule has 21 heavy (non-hydrogen) atoms. The molecule has 1 N–H and O–H groups in total. The minimum atomic E-state index is 0.215. The van der Waals surface area contributed by atoms with E-state index in [-0.39, 0.29) is 12.1 Å². The van der Waals surface area contributed by atoms with E-state index in [1.54, 1.807) is 14.2 Å². The van der Waals surface area contributed by atoms with Crippen LogP contribution in [0.25, 0.3) is 0 Å². The van der Waals surface area contributed by atoms with E-state index in [2.05, 4.69) is 25.2 Å². The van der Waals surface area contributed by atoms with E-state index in [0.717, 1.165) is 43.9 Å². The van der Waals surface area contributed by atoms with Crippen LogP contribution in [-0.4, -0.2) is 33.5 Å². The average Bonchev–Trinajstić information content (AvgIpc) is 3.02. The number of hydrogen-bond acceptors (Lipinski definition) is 4. The molecule has 1 fully saturated rings. The topological polar surface area (TPSA) is 39.7 Å². The summed E-state index contributed by atoms with van der Waals surface area (Å²) in [5, 5.41) is 3.64. The molecular formula is C17H27NO3. The lowest BCUT2D eigenvalue weighted by Crippen LogP contribution is -2.32. The first kappa shape index (κ1) is 16.1. The van der Waals surface area contributed by atoms with E-state index in [4.69, 9.17) is 14.2 Å². The van der Waals surface area contributed by atoms with E-state index < -0.39 is 0 Å². The molecule has 4 nitrogen and oxygen atoms in total. The Morgan fingerprint density at radius 2 is 2.00 bits per heavy atom. The Hall–Kier alpha value is -1.26. The molecule has 1 aliphatic rings. The molecule has 1 aromatic carbocycles. The van der Waals surface area contributed by atoms with Crippen molar-refractivity contribution in [1.29, 1.82) is 0 Å². The zero-order valence-corrected chi connectivity index (χ0v) is 13.6. The summed E-state index contributed by atoms with van der Waals surface area (Å²) in [6, 6.07) is 4.35. The first-order valence-corrected chi connectivity index (χ1v) is 7.78. The average molecular weight is 293 g/mol. The summed E-state index contributed by atoms with van der Waals surface area (Å²) < 4.78 is 16.8. The van der Waals surface area contributed by atoms with E-state index in [1.807, 2.05) is 6.07 Å². The molecule has 2 rings (SSSR count). The fourth-order valence-corrected chi connectivity index (χ4v) is 2.94. The Bertz CT molecular complexity index is 456. The zero-order valence-electron chi connectivity index (χ0n) is 13.6. The van der Waals surface area contributed by atoms with Crippen molar-refractivity contribution in [3.8, 4) is 11.5 Å². The monoisotopic (exact) mass is 293 g/mol. The molecule has 0 bridgehead atoms. The maximum Gasteiger partial charge on any atom is 0.161 e. The van der Waals surface area contributed by atoms with Gasteiger partial charge in [-0.2, -0.15) is 0 Å². The smallest absolute Gasteiger partial charge is 0.161 e. The lowest BCUT2D eigenvalue weighted by Gasteiger charge is -2.27. The van der Waals surface area contributed by atoms with Gasteiger partial charge in [-0.3, -0.25) is 0 Å². The van der Waals surface area contributed by atoms with Gasteiger partial charge in [0.15, 0.2) is 11.5 Å². The molecule has 1 aliphatic heterocycles. The lowest BCUT2D eigenvalue weighted by atomic mass is 9.94. The van der Waals surface area contributed by atoms with Crippen LogP contribution in [-0.2, 0) is 4.74 Å². The third-order valence-electron chi connectivity index (χ3n) is 4.06. The van der Waals surface area contributed by atoms with Crippen LogP contribution in [0.1, 0.15) is 43.4 Å². The van der Waals surface area contributed by atoms with Crippen LogP contribution in [0.2, 0.25) is 0 Å². The highest BCUT2D eigenvalue weighted by molar-refractivity contribution is 5.48. The van der Waals surface area contributed by atoms with Gasteiger partial charge in [0.1, 0.15) is 0 Å². The van der Waals surface area contributed by atoms with E-state index in [9.17, 15) is 0 Å². The lowest BCUT2D eigenvalue weighted by molar-refractivity contribution is 0.0780. The van der Waals surface area contributed by atoms with Crippen molar-refractivity contribution >= 4 is 0 Å². The van der Waals surface area contributed by atoms with Gasteiger partial charge in [-0.1, -0.05) is 6.92 Å². The molecule has 2 unspecified atom stereocenters. The number of benzene rings is 1. The summed E-state index contributed by atoms with van der Waals surface area (Å²) in [6.07, 6.45) is 3.60. The Morgan fingerprint density at radius 1 is 1.29 bits per heavy atom. The Kier molecular flexibility index (Phi) is 5.88. The van der Waals surface area contributed by atoms with Crippen LogP contribution in [0.15, 0.2) is 12.1 Å². The van der Waals surface area contributed by atoms with E-state index in [0.29, 0.717) is 0 Å². The highest BCUT2D eigenvalue weighted by atomic mass is 16.5. The number of nitrogens with one attached hydrogen (secondary N) is 1. The van der Waals surface area contributed by atoms with Crippen molar-refractivity contribution < 1.29 is 14.2 Å². The van der Waals surface area contributed by atoms with Crippen LogP contribution in [0.5, 0.6) is 11.5 Å². The second-order valence-corrected chi connectivity index (χ2v) is 5.55. The number of hydrogen-bond donors (Lipinski definition) is 1. The van der Waals surface area contributed by atoms with Gasteiger partial charge in [0.25, 0.3) is 0 Å². The Labute approximate surface area is 127 Å². The summed E-state index contributed by atoms with van der Waals surface area (Å²) in [5.41, 5.74) is 2.45. The molecule has 0 radical (unpaired) electrons. The maximum atomic E-state index is 5.92. The quantitative estimate of drug-likeness (QED) is 0.838. The van der Waals surface area contributed by atoms with Crippen LogP contribution in [0, 0.1) is 6.92 Å². The van der Waals surface area contributed by atoms with Crippen LogP contribution >= 0.6 is 0 Å². The number of rotatable bonds is 7. The van der Waals surface area contributed by atoms with Gasteiger partial charge in [0.2, 0.25) is 0 Å². The number of ether oxygens (including phenoxy) is 3. The van der Waals surface area contributed by atoms with Gasteiger partial charge in [-0.05, 0) is 56.0 Å². The molecule has 0 saturated carbocycles. The summed E-state index contributed by atoms with van der Waals surface area (Å²) in [5.74, 6) is 1.56. The second-order valence-electron chi connectivity index (χ2n) is 5.55. The second kappa shape index (κ2) is 7.66. The largest absolute Gasteiger partial charge is 0.493 e. The highest BCUT2D eigenvalue weighted by Crippen LogP contribution is 2.36. The fraction of sp³-hybridized carbons (Fsp3) is 0.647. The SMILES string of the molecule is CCCNC(c1cc(OC)c(OC)cc1C)C1CCCO1. The van der Waals surface area contributed by atoms with Crippen molar-refractivity contribution in [2.24, 2.45) is 0 Å². The van der Waals surface area contributed by atoms with Crippen molar-refractivity contribution in [2.45, 2.75) is 45.3 Å². The van der Waals surface area contributed by atoms with E-state index in [1.165, 1.54) is 11.1 Å². The molecule has 1 aromatic rings. The molecule has 4 heteroatoms. The molecule has 2 atom stereocenters. The van der Waals surface area contributed by atoms with Crippen molar-refractivity contribution in [2.75, 3.05) is 27.4 Å². The maximum absolute atomic E-state index is 5.92. The molecule has 0 spiro atoms. The van der Waals surface area contributed by atoms with Crippen LogP contribution in [0.4, 0.5) is 0 Å². The van der Waals surface area contributed by atoms with Crippen molar-refractivity contribution in [3.05, 3.63) is 23.3 Å². The summed E-state index contributed by atoms with van der Waals surface area (Å²) in [6.45, 7) is 6.15. The minimum absolute atomic E-state index is 0.215. The zero-order chi connectivity index (χ0) is 15.2. The van der Waals surface area contributed by atoms with Gasteiger partial charge >= 0.3 is 0 Å². The Balaban J connectivity index is 2.33. The molecule has 0 aliphatic carbocycles. The van der Waals surface area contributed by atoms with E-state index >= 15 is 0 Å². The Morgan fingerprint density at radius 3 is 2.57 bits per heavy atom. The van der Waals surface area contributed by atoms with Gasteiger partial charge in [-0.15, -0.1) is 0 Å². The van der Waals surface area contributed by atoms with Crippen LogP contribution in [0.3, 0.4) is 0 Å². The first-order chi connectivity index (χ1) is 10.2.